The quantitative estimate of drug-likeness (QED) is 0.327. The lowest BCUT2D eigenvalue weighted by molar-refractivity contribution is -0.00956. The van der Waals surface area contributed by atoms with Crippen LogP contribution in [0, 0.1) is 35.3 Å². The summed E-state index contributed by atoms with van der Waals surface area (Å²) in [5.74, 6) is 7.06. The van der Waals surface area contributed by atoms with Crippen molar-refractivity contribution >= 4 is 0 Å². The van der Waals surface area contributed by atoms with Crippen molar-refractivity contribution in [2.24, 2.45) is 11.8 Å². The van der Waals surface area contributed by atoms with Crippen LogP contribution < -0.4 is 4.74 Å². The van der Waals surface area contributed by atoms with Crippen molar-refractivity contribution in [2.75, 3.05) is 13.2 Å². The van der Waals surface area contributed by atoms with Gasteiger partial charge in [0, 0.05) is 12.7 Å². The SMILES string of the molecule is C/C=C/COc1ccc(C#Cc2ccc(C3CCC4CC(OCC)CCC4C3)cc2F)c(F)c1. The number of allylic oxidation sites excluding steroid dienone is 1. The van der Waals surface area contributed by atoms with E-state index in [9.17, 15) is 8.78 Å². The molecule has 4 unspecified atom stereocenters. The zero-order valence-corrected chi connectivity index (χ0v) is 20.2. The Kier molecular flexibility index (Phi) is 8.40. The van der Waals surface area contributed by atoms with Crippen molar-refractivity contribution in [2.45, 2.75) is 64.4 Å². The van der Waals surface area contributed by atoms with E-state index in [0.717, 1.165) is 37.4 Å². The highest BCUT2D eigenvalue weighted by Crippen LogP contribution is 2.46. The first-order valence-electron chi connectivity index (χ1n) is 12.5. The fourth-order valence-corrected chi connectivity index (χ4v) is 5.48. The highest BCUT2D eigenvalue weighted by molar-refractivity contribution is 5.46. The first kappa shape index (κ1) is 24.5. The van der Waals surface area contributed by atoms with Crippen LogP contribution in [0.5, 0.6) is 5.75 Å². The molecule has 4 heteroatoms. The van der Waals surface area contributed by atoms with E-state index >= 15 is 0 Å². The Morgan fingerprint density at radius 2 is 1.62 bits per heavy atom. The summed E-state index contributed by atoms with van der Waals surface area (Å²) in [6.45, 7) is 5.14. The third kappa shape index (κ3) is 6.07. The third-order valence-electron chi connectivity index (χ3n) is 7.29. The van der Waals surface area contributed by atoms with Crippen LogP contribution in [0.2, 0.25) is 0 Å². The van der Waals surface area contributed by atoms with Gasteiger partial charge in [0.05, 0.1) is 17.2 Å². The molecule has 0 radical (unpaired) electrons. The van der Waals surface area contributed by atoms with E-state index in [1.54, 1.807) is 24.3 Å². The van der Waals surface area contributed by atoms with Crippen LogP contribution in [0.3, 0.4) is 0 Å². The Bertz CT molecular complexity index is 1070. The number of rotatable bonds is 6. The molecule has 4 rings (SSSR count). The molecular weight excluding hydrogens is 430 g/mol. The number of hydrogen-bond donors (Lipinski definition) is 0. The maximum Gasteiger partial charge on any atom is 0.142 e. The van der Waals surface area contributed by atoms with E-state index in [2.05, 4.69) is 18.8 Å². The van der Waals surface area contributed by atoms with Crippen LogP contribution in [0.15, 0.2) is 48.6 Å². The highest BCUT2D eigenvalue weighted by atomic mass is 19.1. The Labute approximate surface area is 202 Å². The van der Waals surface area contributed by atoms with Crippen LogP contribution in [-0.2, 0) is 4.74 Å². The molecule has 34 heavy (non-hydrogen) atoms. The summed E-state index contributed by atoms with van der Waals surface area (Å²) in [5.41, 5.74) is 1.58. The minimum atomic E-state index is -0.474. The Hall–Kier alpha value is -2.64. The second-order valence-electron chi connectivity index (χ2n) is 9.43. The molecule has 0 N–H and O–H groups in total. The molecule has 2 aromatic carbocycles. The van der Waals surface area contributed by atoms with Crippen LogP contribution in [0.4, 0.5) is 8.78 Å². The van der Waals surface area contributed by atoms with E-state index in [1.165, 1.54) is 25.3 Å². The summed E-state index contributed by atoms with van der Waals surface area (Å²) in [6, 6.07) is 9.92. The summed E-state index contributed by atoms with van der Waals surface area (Å²) >= 11 is 0. The van der Waals surface area contributed by atoms with Gasteiger partial charge in [-0.05, 0) is 100.0 Å². The molecule has 0 heterocycles. The number of benzene rings is 2. The topological polar surface area (TPSA) is 18.5 Å². The summed E-state index contributed by atoms with van der Waals surface area (Å²) in [7, 11) is 0. The Balaban J connectivity index is 1.40. The van der Waals surface area contributed by atoms with E-state index in [-0.39, 0.29) is 11.4 Å². The van der Waals surface area contributed by atoms with Gasteiger partial charge in [0.25, 0.3) is 0 Å². The monoisotopic (exact) mass is 464 g/mol. The van der Waals surface area contributed by atoms with Gasteiger partial charge in [-0.3, -0.25) is 0 Å². The smallest absolute Gasteiger partial charge is 0.142 e. The number of hydrogen-bond acceptors (Lipinski definition) is 2. The molecule has 2 fully saturated rings. The molecule has 0 aliphatic heterocycles. The molecule has 2 aliphatic carbocycles. The summed E-state index contributed by atoms with van der Waals surface area (Å²) in [5, 5.41) is 0. The summed E-state index contributed by atoms with van der Waals surface area (Å²) in [6.07, 6.45) is 11.1. The van der Waals surface area contributed by atoms with Gasteiger partial charge in [-0.2, -0.15) is 0 Å². The molecule has 2 saturated carbocycles. The minimum Gasteiger partial charge on any atom is -0.489 e. The van der Waals surface area contributed by atoms with Crippen molar-refractivity contribution in [3.63, 3.8) is 0 Å². The largest absolute Gasteiger partial charge is 0.489 e. The molecule has 180 valence electrons. The average molecular weight is 465 g/mol. The first-order chi connectivity index (χ1) is 16.6. The predicted octanol–water partition coefficient (Wildman–Crippen LogP) is 7.41. The zero-order valence-electron chi connectivity index (χ0n) is 20.2. The first-order valence-corrected chi connectivity index (χ1v) is 12.5. The maximum absolute atomic E-state index is 14.9. The fourth-order valence-electron chi connectivity index (χ4n) is 5.48. The fraction of sp³-hybridized carbons (Fsp3) is 0.467. The van der Waals surface area contributed by atoms with Crippen molar-refractivity contribution in [1.82, 2.24) is 0 Å². The van der Waals surface area contributed by atoms with Crippen LogP contribution >= 0.6 is 0 Å². The lowest BCUT2D eigenvalue weighted by Crippen LogP contribution is -2.33. The van der Waals surface area contributed by atoms with Gasteiger partial charge >= 0.3 is 0 Å². The van der Waals surface area contributed by atoms with Gasteiger partial charge in [0.1, 0.15) is 24.0 Å². The second kappa shape index (κ2) is 11.7. The maximum atomic E-state index is 14.9. The van der Waals surface area contributed by atoms with E-state index in [1.807, 2.05) is 25.1 Å². The number of ether oxygens (including phenoxy) is 2. The zero-order chi connectivity index (χ0) is 23.9. The lowest BCUT2D eigenvalue weighted by Gasteiger charge is -2.42. The molecule has 0 saturated heterocycles. The Morgan fingerprint density at radius 1 is 0.912 bits per heavy atom. The number of fused-ring (bicyclic) bond motifs is 1. The van der Waals surface area contributed by atoms with Crippen molar-refractivity contribution < 1.29 is 18.3 Å². The van der Waals surface area contributed by atoms with Gasteiger partial charge in [-0.25, -0.2) is 8.78 Å². The van der Waals surface area contributed by atoms with E-state index < -0.39 is 5.82 Å². The summed E-state index contributed by atoms with van der Waals surface area (Å²) in [4.78, 5) is 0. The molecule has 2 aliphatic rings. The molecule has 0 spiro atoms. The molecule has 2 aromatic rings. The minimum absolute atomic E-state index is 0.225. The molecular formula is C30H34F2O2. The van der Waals surface area contributed by atoms with Crippen molar-refractivity contribution in [3.8, 4) is 17.6 Å². The van der Waals surface area contributed by atoms with Crippen molar-refractivity contribution in [3.05, 3.63) is 76.9 Å². The van der Waals surface area contributed by atoms with Crippen LogP contribution in [0.1, 0.15) is 75.0 Å². The highest BCUT2D eigenvalue weighted by Gasteiger charge is 2.36. The predicted molar refractivity (Wildman–Crippen MR) is 132 cm³/mol. The summed E-state index contributed by atoms with van der Waals surface area (Å²) < 4.78 is 40.6. The van der Waals surface area contributed by atoms with E-state index in [4.69, 9.17) is 9.47 Å². The normalized spacial score (nSPS) is 24.4. The average Bonchev–Trinajstić information content (AvgIpc) is 2.84. The third-order valence-corrected chi connectivity index (χ3v) is 7.29. The molecule has 0 bridgehead atoms. The van der Waals surface area contributed by atoms with E-state index in [0.29, 0.717) is 35.9 Å². The molecule has 4 atom stereocenters. The van der Waals surface area contributed by atoms with Gasteiger partial charge in [0.2, 0.25) is 0 Å². The second-order valence-corrected chi connectivity index (χ2v) is 9.43. The standard InChI is InChI=1S/C30H34F2O2/c1-3-5-16-34-28-14-12-22(30(32)20-28)7-6-21-8-9-26(19-29(21)31)23-10-11-25-18-27(33-4-2)15-13-24(25)17-23/h3,5,8-9,12,14,19-20,23-25,27H,4,10-11,13,15-18H2,1-2H3/b5-3+. The van der Waals surface area contributed by atoms with Crippen LogP contribution in [0.25, 0.3) is 0 Å². The molecule has 0 aromatic heterocycles. The molecule has 2 nitrogen and oxygen atoms in total. The van der Waals surface area contributed by atoms with Gasteiger partial charge < -0.3 is 9.47 Å². The van der Waals surface area contributed by atoms with Gasteiger partial charge in [-0.15, -0.1) is 0 Å². The van der Waals surface area contributed by atoms with Gasteiger partial charge in [-0.1, -0.05) is 30.1 Å². The van der Waals surface area contributed by atoms with Crippen LogP contribution in [-0.4, -0.2) is 19.3 Å². The lowest BCUT2D eigenvalue weighted by atomic mass is 9.65. The molecule has 0 amide bonds. The van der Waals surface area contributed by atoms with Gasteiger partial charge in [0.15, 0.2) is 0 Å². The Morgan fingerprint density at radius 3 is 2.32 bits per heavy atom. The number of halogens is 2. The van der Waals surface area contributed by atoms with Crippen molar-refractivity contribution in [1.29, 1.82) is 0 Å².